The minimum absolute atomic E-state index is 0.0398. The number of likely N-dealkylation sites (tertiary alicyclic amines) is 2. The van der Waals surface area contributed by atoms with Crippen LogP contribution in [0.3, 0.4) is 0 Å². The second-order valence-corrected chi connectivity index (χ2v) is 21.3. The third-order valence-electron chi connectivity index (χ3n) is 11.6. The van der Waals surface area contributed by atoms with Crippen LogP contribution in [0.5, 0.6) is 0 Å². The van der Waals surface area contributed by atoms with Crippen LogP contribution < -0.4 is 10.6 Å². The number of benzene rings is 2. The fraction of sp³-hybridized carbons (Fsp3) is 0.476. The maximum atomic E-state index is 13.8. The number of aromatic amines is 2. The molecule has 334 valence electrons. The lowest BCUT2D eigenvalue weighted by Crippen LogP contribution is -2.51. The average Bonchev–Trinajstić information content (AvgIpc) is 4.06. The zero-order valence-electron chi connectivity index (χ0n) is 35.9. The van der Waals surface area contributed by atoms with Crippen molar-refractivity contribution in [1.29, 1.82) is 0 Å². The molecule has 0 saturated carbocycles. The summed E-state index contributed by atoms with van der Waals surface area (Å²) in [5.41, 5.74) is 4.83. The normalized spacial score (nSPS) is 20.3. The molecule has 18 nitrogen and oxygen atoms in total. The van der Waals surface area contributed by atoms with E-state index in [1.165, 1.54) is 24.0 Å². The Kier molecular flexibility index (Phi) is 13.5. The number of aromatic nitrogens is 4. The van der Waals surface area contributed by atoms with E-state index in [0.717, 1.165) is 34.8 Å². The number of rotatable bonds is 13. The number of ether oxygens (including phenoxy) is 2. The maximum absolute atomic E-state index is 13.8. The fourth-order valence-electron chi connectivity index (χ4n) is 7.97. The number of hydrogen-bond donors (Lipinski definition) is 4. The van der Waals surface area contributed by atoms with E-state index in [0.29, 0.717) is 23.0 Å². The first-order valence-corrected chi connectivity index (χ1v) is 24.1. The van der Waals surface area contributed by atoms with Gasteiger partial charge in [-0.1, -0.05) is 76.2 Å². The van der Waals surface area contributed by atoms with E-state index in [1.807, 2.05) is 48.5 Å². The minimum Gasteiger partial charge on any atom is -0.453 e. The van der Waals surface area contributed by atoms with Gasteiger partial charge >= 0.3 is 12.2 Å². The van der Waals surface area contributed by atoms with Gasteiger partial charge in [0.15, 0.2) is 19.7 Å². The standard InChI is InChI=1S/C42H54N8O10S2/c1-23(2)35(47-41(53)59-5)39(51)49-21-29(61(7,55)56)17-33(49)37-43-19-31(45-37)27-13-9-25(10-14-27)26-11-15-28(16-12-26)32-20-44-38(46-32)34-18-30(62(8,57)58)22-50(34)40(52)36(24(3)4)48-42(54)60-6/h9-16,19-20,23-24,29-30,33-36H,17-18,21-22H2,1-8H3,(H,43,45)(H,44,46)(H,47,53)(H,48,54)/t29-,30-,33-,34-,35-,36-/m0/s1. The second kappa shape index (κ2) is 18.3. The Balaban J connectivity index is 1.18. The van der Waals surface area contributed by atoms with E-state index in [4.69, 9.17) is 9.47 Å². The molecule has 62 heavy (non-hydrogen) atoms. The molecule has 0 bridgehead atoms. The van der Waals surface area contributed by atoms with E-state index in [-0.39, 0.29) is 37.8 Å². The molecule has 2 saturated heterocycles. The molecule has 6 rings (SSSR count). The second-order valence-electron chi connectivity index (χ2n) is 16.6. The maximum Gasteiger partial charge on any atom is 0.407 e. The molecule has 6 atom stereocenters. The SMILES string of the molecule is COC(=O)N[C@H](C(=O)N1C[C@@H](S(C)(=O)=O)C[C@H]1c1ncc(-c2ccc(-c3ccc(-c4cnc([C@@H]5C[C@H](S(C)(=O)=O)CN5C(=O)[C@@H](NC(=O)OC)C(C)C)[nH]4)cc3)cc2)[nH]1)C(C)C. The molecule has 4 heterocycles. The first-order chi connectivity index (χ1) is 29.2. The number of carbonyl (C=O) groups excluding carboxylic acids is 4. The molecule has 20 heteroatoms. The van der Waals surface area contributed by atoms with E-state index in [2.05, 4.69) is 30.6 Å². The van der Waals surface area contributed by atoms with Crippen LogP contribution in [0.15, 0.2) is 60.9 Å². The fourth-order valence-corrected chi connectivity index (χ4v) is 9.89. The van der Waals surface area contributed by atoms with Crippen molar-refractivity contribution >= 4 is 43.7 Å². The summed E-state index contributed by atoms with van der Waals surface area (Å²) in [4.78, 5) is 70.5. The summed E-state index contributed by atoms with van der Waals surface area (Å²) in [5.74, 6) is -0.590. The summed E-state index contributed by atoms with van der Waals surface area (Å²) >= 11 is 0. The van der Waals surface area contributed by atoms with Gasteiger partial charge in [-0.05, 0) is 46.9 Å². The monoisotopic (exact) mass is 894 g/mol. The zero-order valence-corrected chi connectivity index (χ0v) is 37.5. The molecular formula is C42H54N8O10S2. The summed E-state index contributed by atoms with van der Waals surface area (Å²) in [6.07, 6.45) is 4.36. The van der Waals surface area contributed by atoms with Crippen LogP contribution in [0.2, 0.25) is 0 Å². The highest BCUT2D eigenvalue weighted by molar-refractivity contribution is 7.91. The molecule has 2 aromatic carbocycles. The molecule has 0 aliphatic carbocycles. The molecule has 4 N–H and O–H groups in total. The lowest BCUT2D eigenvalue weighted by molar-refractivity contribution is -0.136. The van der Waals surface area contributed by atoms with Gasteiger partial charge in [0, 0.05) is 25.6 Å². The van der Waals surface area contributed by atoms with E-state index in [1.54, 1.807) is 40.1 Å². The largest absolute Gasteiger partial charge is 0.453 e. The van der Waals surface area contributed by atoms with E-state index < -0.39 is 78.3 Å². The Morgan fingerprint density at radius 1 is 0.613 bits per heavy atom. The number of nitrogens with one attached hydrogen (secondary N) is 4. The quantitative estimate of drug-likeness (QED) is 0.147. The summed E-state index contributed by atoms with van der Waals surface area (Å²) < 4.78 is 60.1. The topological polar surface area (TPSA) is 243 Å². The van der Waals surface area contributed by atoms with Crippen LogP contribution in [-0.4, -0.2) is 133 Å². The van der Waals surface area contributed by atoms with E-state index >= 15 is 0 Å². The van der Waals surface area contributed by atoms with Crippen molar-refractivity contribution in [3.63, 3.8) is 0 Å². The lowest BCUT2D eigenvalue weighted by atomic mass is 10.0. The van der Waals surface area contributed by atoms with Crippen LogP contribution in [0.25, 0.3) is 33.6 Å². The predicted molar refractivity (Wildman–Crippen MR) is 231 cm³/mol. The third kappa shape index (κ3) is 9.96. The van der Waals surface area contributed by atoms with Gasteiger partial charge in [0.25, 0.3) is 0 Å². The number of carbonyl (C=O) groups is 4. The van der Waals surface area contributed by atoms with Gasteiger partial charge in [-0.25, -0.2) is 36.4 Å². The molecule has 2 aromatic heterocycles. The molecular weight excluding hydrogens is 841 g/mol. The number of amides is 4. The molecule has 0 radical (unpaired) electrons. The van der Waals surface area contributed by atoms with Crippen molar-refractivity contribution in [2.45, 2.75) is 75.2 Å². The number of nitrogens with zero attached hydrogens (tertiary/aromatic N) is 4. The molecule has 2 aliphatic rings. The van der Waals surface area contributed by atoms with E-state index in [9.17, 15) is 36.0 Å². The Morgan fingerprint density at radius 2 is 0.935 bits per heavy atom. The van der Waals surface area contributed by atoms with Crippen LogP contribution in [-0.2, 0) is 38.7 Å². The van der Waals surface area contributed by atoms with Crippen molar-refractivity contribution in [3.05, 3.63) is 72.6 Å². The molecule has 0 spiro atoms. The summed E-state index contributed by atoms with van der Waals surface area (Å²) in [5, 5.41) is 3.56. The van der Waals surface area contributed by atoms with Crippen LogP contribution in [0.1, 0.15) is 64.3 Å². The molecule has 2 fully saturated rings. The third-order valence-corrected chi connectivity index (χ3v) is 14.7. The van der Waals surface area contributed by atoms with Gasteiger partial charge < -0.3 is 39.9 Å². The number of alkyl carbamates (subject to hydrolysis) is 2. The number of methoxy groups -OCH3 is 2. The minimum atomic E-state index is -3.50. The summed E-state index contributed by atoms with van der Waals surface area (Å²) in [7, 11) is -4.58. The van der Waals surface area contributed by atoms with Gasteiger partial charge in [0.1, 0.15) is 23.7 Å². The molecule has 0 unspecified atom stereocenters. The van der Waals surface area contributed by atoms with Crippen molar-refractivity contribution in [2.24, 2.45) is 11.8 Å². The molecule has 4 aromatic rings. The predicted octanol–water partition coefficient (Wildman–Crippen LogP) is 4.27. The Morgan fingerprint density at radius 3 is 1.23 bits per heavy atom. The summed E-state index contributed by atoms with van der Waals surface area (Å²) in [6.45, 7) is 7.05. The highest BCUT2D eigenvalue weighted by Crippen LogP contribution is 2.38. The van der Waals surface area contributed by atoms with Crippen LogP contribution in [0.4, 0.5) is 9.59 Å². The number of H-pyrrole nitrogens is 2. The molecule has 2 aliphatic heterocycles. The van der Waals surface area contributed by atoms with Gasteiger partial charge in [-0.2, -0.15) is 0 Å². The van der Waals surface area contributed by atoms with Gasteiger partial charge in [0.05, 0.1) is 60.6 Å². The van der Waals surface area contributed by atoms with Gasteiger partial charge in [0.2, 0.25) is 11.8 Å². The van der Waals surface area contributed by atoms with Gasteiger partial charge in [-0.15, -0.1) is 0 Å². The lowest BCUT2D eigenvalue weighted by Gasteiger charge is -2.30. The number of imidazole rings is 2. The number of hydrogen-bond acceptors (Lipinski definition) is 12. The average molecular weight is 895 g/mol. The first-order valence-electron chi connectivity index (χ1n) is 20.2. The van der Waals surface area contributed by atoms with Gasteiger partial charge in [-0.3, -0.25) is 9.59 Å². The first kappa shape index (κ1) is 45.8. The highest BCUT2D eigenvalue weighted by Gasteiger charge is 2.46. The van der Waals surface area contributed by atoms with Crippen molar-refractivity contribution in [1.82, 2.24) is 40.4 Å². The number of sulfone groups is 2. The van der Waals surface area contributed by atoms with Crippen LogP contribution >= 0.6 is 0 Å². The van der Waals surface area contributed by atoms with Crippen molar-refractivity contribution < 1.29 is 45.5 Å². The smallest absolute Gasteiger partial charge is 0.407 e. The Labute approximate surface area is 361 Å². The zero-order chi connectivity index (χ0) is 45.3. The summed E-state index contributed by atoms with van der Waals surface area (Å²) in [6, 6.07) is 12.3. The van der Waals surface area contributed by atoms with Crippen molar-refractivity contribution in [3.8, 4) is 33.6 Å². The van der Waals surface area contributed by atoms with Crippen LogP contribution in [0, 0.1) is 11.8 Å². The Bertz CT molecular complexity index is 2330. The molecule has 4 amide bonds. The highest BCUT2D eigenvalue weighted by atomic mass is 32.2. The van der Waals surface area contributed by atoms with Crippen molar-refractivity contribution in [2.75, 3.05) is 39.8 Å². The Hall–Kier alpha value is -5.76.